The molecule has 8 atom stereocenters. The third-order valence-electron chi connectivity index (χ3n) is 7.58. The zero-order chi connectivity index (χ0) is 23.1. The topological polar surface area (TPSA) is 60.6 Å². The molecule has 32 heavy (non-hydrogen) atoms. The van der Waals surface area contributed by atoms with Gasteiger partial charge in [-0.25, -0.2) is 10.9 Å². The van der Waals surface area contributed by atoms with Gasteiger partial charge in [0.1, 0.15) is 12.5 Å². The molecule has 0 aromatic rings. The van der Waals surface area contributed by atoms with E-state index in [4.69, 9.17) is 4.74 Å². The van der Waals surface area contributed by atoms with Gasteiger partial charge in [0.05, 0.1) is 24.0 Å². The summed E-state index contributed by atoms with van der Waals surface area (Å²) in [5.74, 6) is -3.25. The molecule has 4 heterocycles. The number of hydrogen-bond donors (Lipinski definition) is 4. The minimum absolute atomic E-state index is 0.00817. The molecule has 186 valence electrons. The SMILES string of the molecule is CNC1CC(C(F)(F)F)C2NC1C1NNC(O1)[C@H](C(F)(F)F)CCCCC[C@@H]1CCCN21. The van der Waals surface area contributed by atoms with Crippen LogP contribution in [-0.4, -0.2) is 67.6 Å². The largest absolute Gasteiger partial charge is 0.395 e. The number of likely N-dealkylation sites (N-methyl/N-ethyl adjacent to an activating group) is 1. The molecule has 0 aliphatic carbocycles. The van der Waals surface area contributed by atoms with Gasteiger partial charge in [0.25, 0.3) is 0 Å². The summed E-state index contributed by atoms with van der Waals surface area (Å²) < 4.78 is 89.1. The highest BCUT2D eigenvalue weighted by Gasteiger charge is 2.56. The summed E-state index contributed by atoms with van der Waals surface area (Å²) in [6.07, 6.45) is -8.05. The molecule has 6 unspecified atom stereocenters. The highest BCUT2D eigenvalue weighted by atomic mass is 19.4. The number of nitrogens with one attached hydrogen (secondary N) is 4. The van der Waals surface area contributed by atoms with Crippen LogP contribution in [0.5, 0.6) is 0 Å². The van der Waals surface area contributed by atoms with Gasteiger partial charge in [-0.3, -0.25) is 10.2 Å². The lowest BCUT2D eigenvalue weighted by Crippen LogP contribution is -2.70. The lowest BCUT2D eigenvalue weighted by atomic mass is 9.85. The molecule has 0 aromatic carbocycles. The number of nitrogens with zero attached hydrogens (tertiary/aromatic N) is 1. The molecule has 4 aliphatic rings. The first-order valence-electron chi connectivity index (χ1n) is 11.6. The third-order valence-corrected chi connectivity index (χ3v) is 7.58. The molecule has 0 spiro atoms. The summed E-state index contributed by atoms with van der Waals surface area (Å²) in [6.45, 7) is 0.585. The predicted molar refractivity (Wildman–Crippen MR) is 105 cm³/mol. The monoisotopic (exact) mass is 473 g/mol. The Morgan fingerprint density at radius 1 is 0.844 bits per heavy atom. The van der Waals surface area contributed by atoms with Gasteiger partial charge in [-0.2, -0.15) is 26.3 Å². The molecule has 6 nitrogen and oxygen atoms in total. The second kappa shape index (κ2) is 9.53. The summed E-state index contributed by atoms with van der Waals surface area (Å²) in [5.41, 5.74) is 5.41. The fourth-order valence-corrected chi connectivity index (χ4v) is 5.92. The van der Waals surface area contributed by atoms with E-state index in [1.54, 1.807) is 7.05 Å². The van der Waals surface area contributed by atoms with Crippen LogP contribution in [0.3, 0.4) is 0 Å². The molecule has 4 bridgehead atoms. The molecule has 4 rings (SSSR count). The van der Waals surface area contributed by atoms with Crippen LogP contribution < -0.4 is 21.5 Å². The Labute approximate surface area is 184 Å². The Morgan fingerprint density at radius 2 is 1.50 bits per heavy atom. The summed E-state index contributed by atoms with van der Waals surface area (Å²) in [4.78, 5) is 1.95. The molecular formula is C20H33F6N5O. The zero-order valence-electron chi connectivity index (χ0n) is 18.1. The van der Waals surface area contributed by atoms with Crippen molar-refractivity contribution in [3.8, 4) is 0 Å². The Hall–Kier alpha value is -0.660. The van der Waals surface area contributed by atoms with Crippen LogP contribution in [0.2, 0.25) is 0 Å². The first kappa shape index (κ1) is 24.5. The van der Waals surface area contributed by atoms with Crippen LogP contribution >= 0.6 is 0 Å². The van der Waals surface area contributed by atoms with E-state index in [9.17, 15) is 26.3 Å². The van der Waals surface area contributed by atoms with Crippen molar-refractivity contribution >= 4 is 0 Å². The van der Waals surface area contributed by atoms with E-state index in [2.05, 4.69) is 21.5 Å². The lowest BCUT2D eigenvalue weighted by Gasteiger charge is -2.49. The summed E-state index contributed by atoms with van der Waals surface area (Å²) in [6, 6.07) is -1.23. The quantitative estimate of drug-likeness (QED) is 0.440. The Morgan fingerprint density at radius 3 is 2.19 bits per heavy atom. The number of fused-ring (bicyclic) bond motifs is 7. The molecule has 0 radical (unpaired) electrons. The zero-order valence-corrected chi connectivity index (χ0v) is 18.1. The minimum Gasteiger partial charge on any atom is -0.340 e. The number of piperidine rings is 1. The predicted octanol–water partition coefficient (Wildman–Crippen LogP) is 2.82. The first-order valence-corrected chi connectivity index (χ1v) is 11.6. The van der Waals surface area contributed by atoms with Gasteiger partial charge in [0.15, 0.2) is 0 Å². The van der Waals surface area contributed by atoms with Crippen LogP contribution in [-0.2, 0) is 4.74 Å². The molecule has 4 N–H and O–H groups in total. The van der Waals surface area contributed by atoms with Crippen molar-refractivity contribution in [2.45, 2.75) is 100 Å². The van der Waals surface area contributed by atoms with Gasteiger partial charge in [-0.15, -0.1) is 0 Å². The smallest absolute Gasteiger partial charge is 0.340 e. The maximum Gasteiger partial charge on any atom is 0.395 e. The van der Waals surface area contributed by atoms with Crippen LogP contribution in [0, 0.1) is 11.8 Å². The molecular weight excluding hydrogens is 440 g/mol. The number of hydrogen-bond acceptors (Lipinski definition) is 6. The number of rotatable bonds is 1. The fraction of sp³-hybridized carbons (Fsp3) is 1.00. The average molecular weight is 474 g/mol. The maximum absolute atomic E-state index is 14.1. The molecule has 0 aromatic heterocycles. The highest BCUT2D eigenvalue weighted by Crippen LogP contribution is 2.41. The van der Waals surface area contributed by atoms with Gasteiger partial charge < -0.3 is 10.1 Å². The van der Waals surface area contributed by atoms with Crippen molar-refractivity contribution in [2.24, 2.45) is 11.8 Å². The molecule has 4 saturated heterocycles. The van der Waals surface area contributed by atoms with Gasteiger partial charge >= 0.3 is 12.4 Å². The van der Waals surface area contributed by atoms with Gasteiger partial charge in [0, 0.05) is 12.1 Å². The lowest BCUT2D eigenvalue weighted by molar-refractivity contribution is -0.220. The highest BCUT2D eigenvalue weighted by molar-refractivity contribution is 5.03. The van der Waals surface area contributed by atoms with Crippen molar-refractivity contribution in [3.05, 3.63) is 0 Å². The maximum atomic E-state index is 14.1. The van der Waals surface area contributed by atoms with Crippen molar-refractivity contribution < 1.29 is 31.1 Å². The third kappa shape index (κ3) is 5.05. The Bertz CT molecular complexity index is 635. The minimum atomic E-state index is -4.43. The van der Waals surface area contributed by atoms with E-state index >= 15 is 0 Å². The number of alkyl halides is 6. The van der Waals surface area contributed by atoms with Crippen molar-refractivity contribution in [1.29, 1.82) is 0 Å². The van der Waals surface area contributed by atoms with Gasteiger partial charge in [-0.05, 0) is 45.7 Å². The molecule has 12 heteroatoms. The Kier molecular flexibility index (Phi) is 7.29. The molecule has 0 amide bonds. The average Bonchev–Trinajstić information content (AvgIpc) is 3.37. The van der Waals surface area contributed by atoms with E-state index in [0.29, 0.717) is 32.2 Å². The van der Waals surface area contributed by atoms with E-state index < -0.39 is 54.9 Å². The molecule has 4 fully saturated rings. The standard InChI is InChI=1S/C20H33F6N5O/c1-27-14-10-13(20(24,25)26)16-28-15(14)18-30-29-17(32-18)12(19(21,22)23)8-4-2-3-6-11-7-5-9-31(11)16/h11-18,27-30H,2-10H2,1H3/t11-,12-,13?,14?,15?,16?,17?,18?/m1/s1. The number of hydrazine groups is 1. The van der Waals surface area contributed by atoms with E-state index in [0.717, 1.165) is 12.8 Å². The van der Waals surface area contributed by atoms with Crippen LogP contribution in [0.1, 0.15) is 51.4 Å². The van der Waals surface area contributed by atoms with Crippen molar-refractivity contribution in [1.82, 2.24) is 26.4 Å². The van der Waals surface area contributed by atoms with Crippen LogP contribution in [0.15, 0.2) is 0 Å². The van der Waals surface area contributed by atoms with Crippen LogP contribution in [0.4, 0.5) is 26.3 Å². The number of halogens is 6. The summed E-state index contributed by atoms with van der Waals surface area (Å²) >= 11 is 0. The van der Waals surface area contributed by atoms with E-state index in [1.165, 1.54) is 0 Å². The summed E-state index contributed by atoms with van der Waals surface area (Å²) in [5, 5.41) is 6.08. The van der Waals surface area contributed by atoms with E-state index in [1.807, 2.05) is 4.90 Å². The van der Waals surface area contributed by atoms with Gasteiger partial charge in [-0.1, -0.05) is 19.3 Å². The van der Waals surface area contributed by atoms with Gasteiger partial charge in [0.2, 0.25) is 0 Å². The first-order chi connectivity index (χ1) is 15.1. The van der Waals surface area contributed by atoms with E-state index in [-0.39, 0.29) is 18.9 Å². The fourth-order valence-electron chi connectivity index (χ4n) is 5.92. The van der Waals surface area contributed by atoms with Crippen LogP contribution in [0.25, 0.3) is 0 Å². The second-order valence-corrected chi connectivity index (χ2v) is 9.50. The molecule has 4 aliphatic heterocycles. The second-order valence-electron chi connectivity index (χ2n) is 9.50. The normalized spacial score (nSPS) is 42.5. The Balaban J connectivity index is 1.63. The molecule has 0 saturated carbocycles. The van der Waals surface area contributed by atoms with Crippen molar-refractivity contribution in [3.63, 3.8) is 0 Å². The number of ether oxygens (including phenoxy) is 1. The van der Waals surface area contributed by atoms with Crippen molar-refractivity contribution in [2.75, 3.05) is 13.6 Å². The summed E-state index contributed by atoms with van der Waals surface area (Å²) in [7, 11) is 1.57.